The molecule has 0 saturated carbocycles. The molecule has 1 amide bonds. The lowest BCUT2D eigenvalue weighted by Gasteiger charge is -2.23. The molecule has 0 aliphatic rings. The molecule has 1 aromatic carbocycles. The second-order valence-corrected chi connectivity index (χ2v) is 5.08. The van der Waals surface area contributed by atoms with Crippen molar-refractivity contribution in [3.63, 3.8) is 0 Å². The summed E-state index contributed by atoms with van der Waals surface area (Å²) >= 11 is 11.8. The third-order valence-electron chi connectivity index (χ3n) is 2.81. The van der Waals surface area contributed by atoms with Gasteiger partial charge in [-0.15, -0.1) is 0 Å². The largest absolute Gasteiger partial charge is 0.397 e. The minimum atomic E-state index is -0.685. The maximum Gasteiger partial charge on any atom is 0.241 e. The average Bonchev–Trinajstić information content (AvgIpc) is 2.41. The van der Waals surface area contributed by atoms with E-state index in [1.165, 1.54) is 17.0 Å². The van der Waals surface area contributed by atoms with Gasteiger partial charge >= 0.3 is 0 Å². The van der Waals surface area contributed by atoms with Gasteiger partial charge in [-0.1, -0.05) is 23.2 Å². The molecule has 0 radical (unpaired) electrons. The summed E-state index contributed by atoms with van der Waals surface area (Å²) in [5.74, 6) is -0.420. The summed E-state index contributed by atoms with van der Waals surface area (Å²) in [5.41, 5.74) is 6.25. The van der Waals surface area contributed by atoms with Crippen LogP contribution in [0.4, 0.5) is 11.4 Å². The molecule has 1 rings (SSSR count). The highest BCUT2D eigenvalue weighted by Crippen LogP contribution is 2.32. The van der Waals surface area contributed by atoms with E-state index in [0.717, 1.165) is 0 Å². The van der Waals surface area contributed by atoms with Crippen LogP contribution in [0.15, 0.2) is 12.1 Å². The predicted octanol–water partition coefficient (Wildman–Crippen LogP) is 2.25. The molecular formula is C13H13Cl2N5O. The van der Waals surface area contributed by atoms with Gasteiger partial charge in [-0.3, -0.25) is 9.69 Å². The van der Waals surface area contributed by atoms with Crippen molar-refractivity contribution in [3.05, 3.63) is 22.2 Å². The maximum absolute atomic E-state index is 12.2. The van der Waals surface area contributed by atoms with Crippen LogP contribution in [-0.2, 0) is 4.79 Å². The third kappa shape index (κ3) is 4.51. The fourth-order valence-corrected chi connectivity index (χ4v) is 2.19. The molecule has 0 aliphatic heterocycles. The monoisotopic (exact) mass is 325 g/mol. The van der Waals surface area contributed by atoms with Crippen molar-refractivity contribution in [2.45, 2.75) is 13.0 Å². The van der Waals surface area contributed by atoms with Crippen LogP contribution < -0.4 is 11.1 Å². The number of nitrogen functional groups attached to an aromatic ring is 1. The number of hydrogen-bond donors (Lipinski definition) is 2. The van der Waals surface area contributed by atoms with Crippen molar-refractivity contribution in [2.75, 3.05) is 24.1 Å². The van der Waals surface area contributed by atoms with E-state index < -0.39 is 11.9 Å². The zero-order chi connectivity index (χ0) is 16.0. The third-order valence-corrected chi connectivity index (χ3v) is 3.32. The number of benzene rings is 1. The van der Waals surface area contributed by atoms with Gasteiger partial charge < -0.3 is 11.1 Å². The highest BCUT2D eigenvalue weighted by atomic mass is 35.5. The summed E-state index contributed by atoms with van der Waals surface area (Å²) in [6.07, 6.45) is 0. The molecule has 0 spiro atoms. The number of carbonyl (C=O) groups is 1. The number of nitrogens with one attached hydrogen (secondary N) is 1. The number of hydrogen-bond acceptors (Lipinski definition) is 5. The van der Waals surface area contributed by atoms with Crippen molar-refractivity contribution in [2.24, 2.45) is 0 Å². The van der Waals surface area contributed by atoms with Crippen LogP contribution in [0.1, 0.15) is 6.92 Å². The predicted molar refractivity (Wildman–Crippen MR) is 81.8 cm³/mol. The van der Waals surface area contributed by atoms with Gasteiger partial charge in [0.25, 0.3) is 0 Å². The van der Waals surface area contributed by atoms with E-state index in [2.05, 4.69) is 5.32 Å². The van der Waals surface area contributed by atoms with Gasteiger partial charge in [-0.2, -0.15) is 10.5 Å². The van der Waals surface area contributed by atoms with Gasteiger partial charge in [0.1, 0.15) is 0 Å². The van der Waals surface area contributed by atoms with Crippen molar-refractivity contribution in [1.29, 1.82) is 10.5 Å². The number of nitrogens with two attached hydrogens (primary N) is 1. The number of rotatable bonds is 5. The molecule has 6 nitrogen and oxygen atoms in total. The summed E-state index contributed by atoms with van der Waals surface area (Å²) in [6.45, 7) is 1.52. The van der Waals surface area contributed by atoms with Crippen LogP contribution in [0.5, 0.6) is 0 Å². The van der Waals surface area contributed by atoms with Gasteiger partial charge in [0.05, 0.1) is 47.7 Å². The number of carbonyl (C=O) groups excluding carboxylic acids is 1. The van der Waals surface area contributed by atoms with Crippen LogP contribution in [0.3, 0.4) is 0 Å². The van der Waals surface area contributed by atoms with Gasteiger partial charge in [0.15, 0.2) is 0 Å². The van der Waals surface area contributed by atoms with E-state index in [4.69, 9.17) is 39.5 Å². The zero-order valence-electron chi connectivity index (χ0n) is 11.2. The standard InChI is InChI=1S/C13H13Cl2N5O/c1-8(20(4-2-16)5-3-17)13(21)19-12-10(15)6-9(14)7-11(12)18/h6-8H,4-5,18H2,1H3,(H,19,21). The number of nitrogens with zero attached hydrogens (tertiary/aromatic N) is 3. The topological polar surface area (TPSA) is 106 Å². The maximum atomic E-state index is 12.2. The summed E-state index contributed by atoms with van der Waals surface area (Å²) in [4.78, 5) is 13.6. The highest BCUT2D eigenvalue weighted by molar-refractivity contribution is 6.37. The lowest BCUT2D eigenvalue weighted by molar-refractivity contribution is -0.120. The van der Waals surface area contributed by atoms with E-state index in [0.29, 0.717) is 5.02 Å². The van der Waals surface area contributed by atoms with E-state index >= 15 is 0 Å². The lowest BCUT2D eigenvalue weighted by Crippen LogP contribution is -2.42. The quantitative estimate of drug-likeness (QED) is 0.637. The number of amides is 1. The molecular weight excluding hydrogens is 313 g/mol. The van der Waals surface area contributed by atoms with Gasteiger partial charge in [0, 0.05) is 5.02 Å². The Balaban J connectivity index is 2.91. The van der Waals surface area contributed by atoms with Gasteiger partial charge in [0.2, 0.25) is 5.91 Å². The second kappa shape index (κ2) is 7.70. The van der Waals surface area contributed by atoms with Crippen molar-refractivity contribution in [3.8, 4) is 12.1 Å². The van der Waals surface area contributed by atoms with Crippen LogP contribution in [-0.4, -0.2) is 29.9 Å². The molecule has 110 valence electrons. The summed E-state index contributed by atoms with van der Waals surface area (Å²) in [7, 11) is 0. The van der Waals surface area contributed by atoms with Crippen LogP contribution in [0, 0.1) is 22.7 Å². The molecule has 1 atom stereocenters. The summed E-state index contributed by atoms with van der Waals surface area (Å²) in [5, 5.41) is 20.6. The fourth-order valence-electron chi connectivity index (χ4n) is 1.63. The van der Waals surface area contributed by atoms with Gasteiger partial charge in [-0.05, 0) is 19.1 Å². The molecule has 3 N–H and O–H groups in total. The Morgan fingerprint density at radius 2 is 1.95 bits per heavy atom. The van der Waals surface area contributed by atoms with Crippen LogP contribution in [0.25, 0.3) is 0 Å². The minimum Gasteiger partial charge on any atom is -0.397 e. The number of anilines is 2. The molecule has 0 aliphatic carbocycles. The van der Waals surface area contributed by atoms with Crippen molar-refractivity contribution in [1.82, 2.24) is 4.90 Å². The SMILES string of the molecule is CC(C(=O)Nc1c(N)cc(Cl)cc1Cl)N(CC#N)CC#N. The molecule has 8 heteroatoms. The minimum absolute atomic E-state index is 0.0357. The first kappa shape index (κ1) is 17.1. The Morgan fingerprint density at radius 3 is 2.43 bits per heavy atom. The molecule has 0 heterocycles. The van der Waals surface area contributed by atoms with E-state index in [1.807, 2.05) is 12.1 Å². The molecule has 0 fully saturated rings. The summed E-state index contributed by atoms with van der Waals surface area (Å²) in [6, 6.07) is 6.06. The van der Waals surface area contributed by atoms with Crippen LogP contribution >= 0.6 is 23.2 Å². The Kier molecular flexibility index (Phi) is 6.26. The number of nitriles is 2. The first-order chi connectivity index (χ1) is 9.90. The molecule has 0 aromatic heterocycles. The molecule has 21 heavy (non-hydrogen) atoms. The highest BCUT2D eigenvalue weighted by Gasteiger charge is 2.22. The van der Waals surface area contributed by atoms with Crippen LogP contribution in [0.2, 0.25) is 10.0 Å². The second-order valence-electron chi connectivity index (χ2n) is 4.24. The average molecular weight is 326 g/mol. The Labute approximate surface area is 132 Å². The first-order valence-corrected chi connectivity index (χ1v) is 6.69. The number of halogens is 2. The molecule has 1 aromatic rings. The van der Waals surface area contributed by atoms with Crippen molar-refractivity contribution < 1.29 is 4.79 Å². The zero-order valence-corrected chi connectivity index (χ0v) is 12.7. The molecule has 1 unspecified atom stereocenters. The summed E-state index contributed by atoms with van der Waals surface area (Å²) < 4.78 is 0. The van der Waals surface area contributed by atoms with E-state index in [9.17, 15) is 4.79 Å². The smallest absolute Gasteiger partial charge is 0.241 e. The lowest BCUT2D eigenvalue weighted by atomic mass is 10.2. The van der Waals surface area contributed by atoms with E-state index in [1.54, 1.807) is 6.92 Å². The van der Waals surface area contributed by atoms with Crippen molar-refractivity contribution >= 4 is 40.5 Å². The fraction of sp³-hybridized carbons (Fsp3) is 0.308. The Morgan fingerprint density at radius 1 is 1.38 bits per heavy atom. The molecule has 0 bridgehead atoms. The Bertz CT molecular complexity index is 581. The van der Waals surface area contributed by atoms with E-state index in [-0.39, 0.29) is 29.5 Å². The molecule has 0 saturated heterocycles. The first-order valence-electron chi connectivity index (χ1n) is 5.94. The normalized spacial score (nSPS) is 11.5. The van der Waals surface area contributed by atoms with Gasteiger partial charge in [-0.25, -0.2) is 0 Å². The Hall–Kier alpha value is -1.99.